The summed E-state index contributed by atoms with van der Waals surface area (Å²) in [5.74, 6) is 5.99. The summed E-state index contributed by atoms with van der Waals surface area (Å²) in [5.41, 5.74) is -0.221. The van der Waals surface area contributed by atoms with E-state index < -0.39 is 5.60 Å². The SMILES string of the molecule is CCN(CC)CC#C[C@](C)(O)c1ccccc1. The lowest BCUT2D eigenvalue weighted by atomic mass is 9.97. The van der Waals surface area contributed by atoms with Gasteiger partial charge in [0.2, 0.25) is 0 Å². The molecule has 0 aliphatic carbocycles. The Morgan fingerprint density at radius 1 is 1.18 bits per heavy atom. The molecule has 0 saturated carbocycles. The molecule has 0 bridgehead atoms. The lowest BCUT2D eigenvalue weighted by Crippen LogP contribution is -2.24. The fraction of sp³-hybridized carbons (Fsp3) is 0.467. The molecular formula is C15H21NO. The van der Waals surface area contributed by atoms with E-state index in [1.807, 2.05) is 30.3 Å². The van der Waals surface area contributed by atoms with Gasteiger partial charge in [0.05, 0.1) is 6.54 Å². The molecule has 0 unspecified atom stereocenters. The Balaban J connectivity index is 2.70. The largest absolute Gasteiger partial charge is 0.374 e. The predicted molar refractivity (Wildman–Crippen MR) is 71.6 cm³/mol. The predicted octanol–water partition coefficient (Wildman–Crippen LogP) is 2.24. The molecule has 0 fully saturated rings. The van der Waals surface area contributed by atoms with Gasteiger partial charge in [0.15, 0.2) is 0 Å². The Bertz CT molecular complexity index is 382. The van der Waals surface area contributed by atoms with E-state index in [1.54, 1.807) is 6.92 Å². The molecular weight excluding hydrogens is 210 g/mol. The van der Waals surface area contributed by atoms with Crippen LogP contribution in [0.25, 0.3) is 0 Å². The highest BCUT2D eigenvalue weighted by atomic mass is 16.3. The summed E-state index contributed by atoms with van der Waals surface area (Å²) in [6, 6.07) is 9.55. The van der Waals surface area contributed by atoms with Crippen LogP contribution in [-0.4, -0.2) is 29.6 Å². The van der Waals surface area contributed by atoms with Crippen molar-refractivity contribution in [1.29, 1.82) is 0 Å². The van der Waals surface area contributed by atoms with Crippen molar-refractivity contribution in [2.45, 2.75) is 26.4 Å². The summed E-state index contributed by atoms with van der Waals surface area (Å²) in [5, 5.41) is 10.3. The highest BCUT2D eigenvalue weighted by molar-refractivity contribution is 5.30. The number of hydrogen-bond acceptors (Lipinski definition) is 2. The number of rotatable bonds is 4. The molecule has 0 radical (unpaired) electrons. The van der Waals surface area contributed by atoms with Gasteiger partial charge in [-0.1, -0.05) is 56.0 Å². The molecule has 1 rings (SSSR count). The Labute approximate surface area is 104 Å². The molecule has 0 aliphatic rings. The van der Waals surface area contributed by atoms with Crippen LogP contribution in [0.4, 0.5) is 0 Å². The molecule has 0 amide bonds. The van der Waals surface area contributed by atoms with Gasteiger partial charge in [-0.05, 0) is 25.6 Å². The zero-order valence-corrected chi connectivity index (χ0v) is 10.9. The summed E-state index contributed by atoms with van der Waals surface area (Å²) >= 11 is 0. The molecule has 92 valence electrons. The van der Waals surface area contributed by atoms with Crippen LogP contribution in [0.15, 0.2) is 30.3 Å². The zero-order chi connectivity index (χ0) is 12.7. The third-order valence-electron chi connectivity index (χ3n) is 2.86. The lowest BCUT2D eigenvalue weighted by molar-refractivity contribution is 0.122. The van der Waals surface area contributed by atoms with Crippen LogP contribution in [0.3, 0.4) is 0 Å². The van der Waals surface area contributed by atoms with Gasteiger partial charge in [0.25, 0.3) is 0 Å². The first-order chi connectivity index (χ1) is 8.10. The molecule has 0 aromatic heterocycles. The fourth-order valence-electron chi connectivity index (χ4n) is 1.61. The van der Waals surface area contributed by atoms with Crippen LogP contribution >= 0.6 is 0 Å². The summed E-state index contributed by atoms with van der Waals surface area (Å²) in [7, 11) is 0. The van der Waals surface area contributed by atoms with Gasteiger partial charge < -0.3 is 5.11 Å². The van der Waals surface area contributed by atoms with Crippen LogP contribution in [0.2, 0.25) is 0 Å². The maximum Gasteiger partial charge on any atom is 0.148 e. The van der Waals surface area contributed by atoms with Crippen molar-refractivity contribution in [3.8, 4) is 11.8 Å². The van der Waals surface area contributed by atoms with E-state index in [-0.39, 0.29) is 0 Å². The normalized spacial score (nSPS) is 13.9. The minimum Gasteiger partial charge on any atom is -0.374 e. The van der Waals surface area contributed by atoms with Gasteiger partial charge in [0.1, 0.15) is 5.60 Å². The molecule has 0 spiro atoms. The van der Waals surface area contributed by atoms with Crippen molar-refractivity contribution < 1.29 is 5.11 Å². The zero-order valence-electron chi connectivity index (χ0n) is 10.9. The van der Waals surface area contributed by atoms with Crippen LogP contribution in [0, 0.1) is 11.8 Å². The summed E-state index contributed by atoms with van der Waals surface area (Å²) in [6.07, 6.45) is 0. The Kier molecular flexibility index (Phi) is 5.21. The first-order valence-electron chi connectivity index (χ1n) is 6.10. The van der Waals surface area contributed by atoms with E-state index >= 15 is 0 Å². The number of nitrogens with zero attached hydrogens (tertiary/aromatic N) is 1. The minimum atomic E-state index is -1.06. The third kappa shape index (κ3) is 4.22. The van der Waals surface area contributed by atoms with Gasteiger partial charge in [-0.15, -0.1) is 0 Å². The van der Waals surface area contributed by atoms with E-state index in [2.05, 4.69) is 30.6 Å². The van der Waals surface area contributed by atoms with Gasteiger partial charge in [0, 0.05) is 0 Å². The van der Waals surface area contributed by atoms with Gasteiger partial charge in [-0.25, -0.2) is 0 Å². The highest BCUT2D eigenvalue weighted by Crippen LogP contribution is 2.18. The summed E-state index contributed by atoms with van der Waals surface area (Å²) in [6.45, 7) is 8.63. The highest BCUT2D eigenvalue weighted by Gasteiger charge is 2.18. The molecule has 2 nitrogen and oxygen atoms in total. The molecule has 1 N–H and O–H groups in total. The lowest BCUT2D eigenvalue weighted by Gasteiger charge is -2.17. The Morgan fingerprint density at radius 2 is 1.76 bits per heavy atom. The Hall–Kier alpha value is -1.30. The topological polar surface area (TPSA) is 23.5 Å². The quantitative estimate of drug-likeness (QED) is 0.803. The van der Waals surface area contributed by atoms with E-state index in [1.165, 1.54) is 0 Å². The van der Waals surface area contributed by atoms with E-state index in [0.29, 0.717) is 6.54 Å². The number of benzene rings is 1. The van der Waals surface area contributed by atoms with Gasteiger partial charge >= 0.3 is 0 Å². The van der Waals surface area contributed by atoms with Crippen molar-refractivity contribution in [2.24, 2.45) is 0 Å². The smallest absolute Gasteiger partial charge is 0.148 e. The minimum absolute atomic E-state index is 0.704. The first kappa shape index (κ1) is 13.8. The second-order valence-corrected chi connectivity index (χ2v) is 4.20. The Morgan fingerprint density at radius 3 is 2.29 bits per heavy atom. The monoisotopic (exact) mass is 231 g/mol. The first-order valence-corrected chi connectivity index (χ1v) is 6.10. The summed E-state index contributed by atoms with van der Waals surface area (Å²) in [4.78, 5) is 2.22. The van der Waals surface area contributed by atoms with Gasteiger partial charge in [-0.2, -0.15) is 0 Å². The van der Waals surface area contributed by atoms with Crippen LogP contribution in [-0.2, 0) is 5.60 Å². The fourth-order valence-corrected chi connectivity index (χ4v) is 1.61. The number of hydrogen-bond donors (Lipinski definition) is 1. The van der Waals surface area contributed by atoms with Crippen molar-refractivity contribution in [1.82, 2.24) is 4.90 Å². The average molecular weight is 231 g/mol. The molecule has 17 heavy (non-hydrogen) atoms. The molecule has 1 atom stereocenters. The van der Waals surface area contributed by atoms with Crippen molar-refractivity contribution >= 4 is 0 Å². The maximum absolute atomic E-state index is 10.3. The third-order valence-corrected chi connectivity index (χ3v) is 2.86. The van der Waals surface area contributed by atoms with E-state index in [4.69, 9.17) is 0 Å². The van der Waals surface area contributed by atoms with Crippen molar-refractivity contribution in [3.63, 3.8) is 0 Å². The van der Waals surface area contributed by atoms with Crippen molar-refractivity contribution in [2.75, 3.05) is 19.6 Å². The molecule has 0 aliphatic heterocycles. The molecule has 1 aromatic rings. The van der Waals surface area contributed by atoms with E-state index in [0.717, 1.165) is 18.7 Å². The van der Waals surface area contributed by atoms with Gasteiger partial charge in [-0.3, -0.25) is 4.90 Å². The molecule has 1 aromatic carbocycles. The second-order valence-electron chi connectivity index (χ2n) is 4.20. The van der Waals surface area contributed by atoms with E-state index in [9.17, 15) is 5.11 Å². The standard InChI is InChI=1S/C15H21NO/c1-4-16(5-2)13-9-12-15(3,17)14-10-7-6-8-11-14/h6-8,10-11,17H,4-5,13H2,1-3H3/t15-/m0/s1. The number of aliphatic hydroxyl groups is 1. The average Bonchev–Trinajstić information content (AvgIpc) is 2.36. The molecule has 2 heteroatoms. The second kappa shape index (κ2) is 6.44. The maximum atomic E-state index is 10.3. The summed E-state index contributed by atoms with van der Waals surface area (Å²) < 4.78 is 0. The van der Waals surface area contributed by atoms with Crippen LogP contribution < -0.4 is 0 Å². The van der Waals surface area contributed by atoms with Crippen LogP contribution in [0.5, 0.6) is 0 Å². The van der Waals surface area contributed by atoms with Crippen molar-refractivity contribution in [3.05, 3.63) is 35.9 Å². The molecule has 0 saturated heterocycles. The van der Waals surface area contributed by atoms with Crippen LogP contribution in [0.1, 0.15) is 26.3 Å². The molecule has 0 heterocycles.